The maximum atomic E-state index is 12.3. The van der Waals surface area contributed by atoms with Crippen LogP contribution in [0.4, 0.5) is 0 Å². The minimum Gasteiger partial charge on any atom is -0.321 e. The zero-order valence-electron chi connectivity index (χ0n) is 14.0. The van der Waals surface area contributed by atoms with Crippen molar-refractivity contribution in [3.8, 4) is 16.6 Å². The van der Waals surface area contributed by atoms with Gasteiger partial charge in [0.05, 0.1) is 10.6 Å². The van der Waals surface area contributed by atoms with E-state index in [1.165, 1.54) is 34.2 Å². The molecule has 0 bridgehead atoms. The molecule has 6 heteroatoms. The molecular weight excluding hydrogens is 350 g/mol. The maximum Gasteiger partial charge on any atom is 0.292 e. The highest BCUT2D eigenvalue weighted by Crippen LogP contribution is 2.29. The lowest BCUT2D eigenvalue weighted by Gasteiger charge is -2.13. The summed E-state index contributed by atoms with van der Waals surface area (Å²) < 4.78 is 1.85. The average Bonchev–Trinajstić information content (AvgIpc) is 3.16. The molecule has 2 heterocycles. The number of hydrogen-bond donors (Lipinski definition) is 0. The highest BCUT2D eigenvalue weighted by Gasteiger charge is 2.17. The highest BCUT2D eigenvalue weighted by atomic mass is 32.2. The number of rotatable bonds is 5. The van der Waals surface area contributed by atoms with E-state index in [1.54, 1.807) is 0 Å². The third kappa shape index (κ3) is 3.68. The molecule has 0 fully saturated rings. The Balaban J connectivity index is 1.97. The van der Waals surface area contributed by atoms with E-state index >= 15 is 0 Å². The van der Waals surface area contributed by atoms with Gasteiger partial charge in [-0.25, -0.2) is 0 Å². The molecule has 0 atom stereocenters. The first-order valence-electron chi connectivity index (χ1n) is 7.89. The normalized spacial score (nSPS) is 10.6. The van der Waals surface area contributed by atoms with Gasteiger partial charge in [-0.15, -0.1) is 11.3 Å². The van der Waals surface area contributed by atoms with E-state index < -0.39 is 5.56 Å². The van der Waals surface area contributed by atoms with E-state index in [2.05, 4.69) is 36.2 Å². The maximum absolute atomic E-state index is 12.3. The fourth-order valence-corrected chi connectivity index (χ4v) is 4.32. The molecule has 0 unspecified atom stereocenters. The molecule has 126 valence electrons. The Bertz CT molecular complexity index is 985. The average molecular weight is 367 g/mol. The Hall–Kier alpha value is -2.36. The van der Waals surface area contributed by atoms with Crippen molar-refractivity contribution in [2.24, 2.45) is 7.05 Å². The third-order valence-electron chi connectivity index (χ3n) is 3.90. The molecule has 0 aliphatic rings. The molecule has 2 aromatic heterocycles. The van der Waals surface area contributed by atoms with Crippen molar-refractivity contribution >= 4 is 23.1 Å². The van der Waals surface area contributed by atoms with Crippen LogP contribution in [0.5, 0.6) is 0 Å². The second-order valence-electron chi connectivity index (χ2n) is 5.53. The number of aryl methyl sites for hydroxylation is 1. The fraction of sp³-hybridized carbons (Fsp3) is 0.211. The lowest BCUT2D eigenvalue weighted by molar-refractivity contribution is 0.734. The van der Waals surface area contributed by atoms with E-state index in [4.69, 9.17) is 0 Å². The summed E-state index contributed by atoms with van der Waals surface area (Å²) in [4.78, 5) is 17.3. The molecule has 0 amide bonds. The molecule has 0 radical (unpaired) electrons. The lowest BCUT2D eigenvalue weighted by Crippen LogP contribution is -2.19. The van der Waals surface area contributed by atoms with Crippen LogP contribution in [0.2, 0.25) is 0 Å². The van der Waals surface area contributed by atoms with Crippen molar-refractivity contribution in [1.82, 2.24) is 9.55 Å². The van der Waals surface area contributed by atoms with Gasteiger partial charge in [-0.2, -0.15) is 10.2 Å². The molecule has 0 spiro atoms. The smallest absolute Gasteiger partial charge is 0.292 e. The summed E-state index contributed by atoms with van der Waals surface area (Å²) in [6, 6.07) is 14.3. The van der Waals surface area contributed by atoms with E-state index in [0.29, 0.717) is 10.9 Å². The first kappa shape index (κ1) is 17.5. The largest absolute Gasteiger partial charge is 0.321 e. The first-order valence-corrected chi connectivity index (χ1v) is 9.76. The van der Waals surface area contributed by atoms with Crippen molar-refractivity contribution in [1.29, 1.82) is 5.26 Å². The number of aromatic nitrogens is 2. The van der Waals surface area contributed by atoms with Gasteiger partial charge in [0, 0.05) is 12.8 Å². The Morgan fingerprint density at radius 2 is 2.08 bits per heavy atom. The van der Waals surface area contributed by atoms with E-state index in [1.807, 2.05) is 35.2 Å². The van der Waals surface area contributed by atoms with Crippen molar-refractivity contribution in [2.45, 2.75) is 24.3 Å². The van der Waals surface area contributed by atoms with Gasteiger partial charge in [0.2, 0.25) is 0 Å². The number of thioether (sulfide) groups is 1. The van der Waals surface area contributed by atoms with Crippen LogP contribution >= 0.6 is 23.1 Å². The summed E-state index contributed by atoms with van der Waals surface area (Å²) >= 11 is 3.02. The summed E-state index contributed by atoms with van der Waals surface area (Å²) in [5.41, 5.74) is 2.76. The Labute approximate surface area is 154 Å². The van der Waals surface area contributed by atoms with Crippen molar-refractivity contribution in [3.05, 3.63) is 68.8 Å². The van der Waals surface area contributed by atoms with Crippen LogP contribution in [0.3, 0.4) is 0 Å². The van der Waals surface area contributed by atoms with Gasteiger partial charge in [0.15, 0.2) is 5.16 Å². The van der Waals surface area contributed by atoms with Crippen molar-refractivity contribution in [3.63, 3.8) is 0 Å². The van der Waals surface area contributed by atoms with Gasteiger partial charge >= 0.3 is 0 Å². The van der Waals surface area contributed by atoms with Gasteiger partial charge in [0.25, 0.3) is 5.56 Å². The monoisotopic (exact) mass is 367 g/mol. The topological polar surface area (TPSA) is 58.7 Å². The molecule has 25 heavy (non-hydrogen) atoms. The minimum atomic E-state index is -0.464. The number of nitrogens with zero attached hydrogens (tertiary/aromatic N) is 3. The molecule has 0 N–H and O–H groups in total. The van der Waals surface area contributed by atoms with Crippen molar-refractivity contribution < 1.29 is 0 Å². The first-order chi connectivity index (χ1) is 12.1. The minimum absolute atomic E-state index is 0.0993. The third-order valence-corrected chi connectivity index (χ3v) is 5.88. The number of nitriles is 1. The lowest BCUT2D eigenvalue weighted by atomic mass is 10.1. The van der Waals surface area contributed by atoms with Crippen LogP contribution in [0.25, 0.3) is 10.6 Å². The molecule has 0 saturated carbocycles. The molecule has 0 aliphatic carbocycles. The molecule has 3 rings (SSSR count). The second-order valence-corrected chi connectivity index (χ2v) is 7.42. The van der Waals surface area contributed by atoms with Gasteiger partial charge in [-0.05, 0) is 29.0 Å². The second kappa shape index (κ2) is 7.68. The summed E-state index contributed by atoms with van der Waals surface area (Å²) in [6.45, 7) is 2.13. The molecular formula is C19H17N3OS2. The van der Waals surface area contributed by atoms with Crippen LogP contribution in [0.15, 0.2) is 51.7 Å². The zero-order chi connectivity index (χ0) is 17.8. The number of thiophene rings is 1. The van der Waals surface area contributed by atoms with Gasteiger partial charge in [-0.3, -0.25) is 4.79 Å². The Kier molecular flexibility index (Phi) is 5.37. The standard InChI is InChI=1S/C19H17N3OS2/c1-3-13-6-4-7-14(10-13)12-25-19-21-18(23)15(11-20)17(22(19)2)16-8-5-9-24-16/h4-10H,3,12H2,1-2H3. The summed E-state index contributed by atoms with van der Waals surface area (Å²) in [5, 5.41) is 11.9. The predicted octanol–water partition coefficient (Wildman–Crippen LogP) is 4.24. The van der Waals surface area contributed by atoms with E-state index in [-0.39, 0.29) is 5.56 Å². The van der Waals surface area contributed by atoms with Gasteiger partial charge in [0.1, 0.15) is 11.6 Å². The number of hydrogen-bond acceptors (Lipinski definition) is 5. The van der Waals surface area contributed by atoms with Gasteiger partial charge < -0.3 is 4.57 Å². The summed E-state index contributed by atoms with van der Waals surface area (Å²) in [7, 11) is 1.85. The SMILES string of the molecule is CCc1cccc(CSc2nc(=O)c(C#N)c(-c3cccs3)n2C)c1. The van der Waals surface area contributed by atoms with Crippen LogP contribution in [-0.4, -0.2) is 9.55 Å². The summed E-state index contributed by atoms with van der Waals surface area (Å²) in [6.07, 6.45) is 0.995. The predicted molar refractivity (Wildman–Crippen MR) is 103 cm³/mol. The van der Waals surface area contributed by atoms with Gasteiger partial charge in [-0.1, -0.05) is 49.0 Å². The highest BCUT2D eigenvalue weighted by molar-refractivity contribution is 7.98. The van der Waals surface area contributed by atoms with Crippen LogP contribution in [0.1, 0.15) is 23.6 Å². The quantitative estimate of drug-likeness (QED) is 0.500. The van der Waals surface area contributed by atoms with Crippen LogP contribution in [0, 0.1) is 11.3 Å². The van der Waals surface area contributed by atoms with Crippen molar-refractivity contribution in [2.75, 3.05) is 0 Å². The Morgan fingerprint density at radius 3 is 2.76 bits per heavy atom. The van der Waals surface area contributed by atoms with Crippen LogP contribution < -0.4 is 5.56 Å². The fourth-order valence-electron chi connectivity index (χ4n) is 2.60. The Morgan fingerprint density at radius 1 is 1.28 bits per heavy atom. The van der Waals surface area contributed by atoms with Crippen LogP contribution in [-0.2, 0) is 19.2 Å². The molecule has 4 nitrogen and oxygen atoms in total. The van der Waals surface area contributed by atoms with E-state index in [0.717, 1.165) is 17.1 Å². The molecule has 3 aromatic rings. The number of benzene rings is 1. The molecule has 0 aliphatic heterocycles. The zero-order valence-corrected chi connectivity index (χ0v) is 15.7. The molecule has 1 aromatic carbocycles. The summed E-state index contributed by atoms with van der Waals surface area (Å²) in [5.74, 6) is 0.726. The molecule has 0 saturated heterocycles. The van der Waals surface area contributed by atoms with E-state index in [9.17, 15) is 10.1 Å².